The highest BCUT2D eigenvalue weighted by Crippen LogP contribution is 2.37. The van der Waals surface area contributed by atoms with E-state index < -0.39 is 17.3 Å². The summed E-state index contributed by atoms with van der Waals surface area (Å²) in [6.45, 7) is 0. The van der Waals surface area contributed by atoms with Crippen LogP contribution in [-0.4, -0.2) is 25.1 Å². The molecular weight excluding hydrogens is 373 g/mol. The Kier molecular flexibility index (Phi) is 4.49. The standard InChI is InChI=1S/C15H13F3N6O.ClH/c16-15(17,18)9-3-1-4-10(7-9)24-8-11(21-23-24)12-20-13(22-25-12)14(19)5-2-6-14;/h1,3-4,7-8H,2,5-6,19H2;1H. The van der Waals surface area contributed by atoms with E-state index in [-0.39, 0.29) is 29.7 Å². The van der Waals surface area contributed by atoms with Crippen LogP contribution in [0.3, 0.4) is 0 Å². The summed E-state index contributed by atoms with van der Waals surface area (Å²) in [6, 6.07) is 4.78. The Labute approximate surface area is 151 Å². The number of halogens is 4. The second-order valence-corrected chi connectivity index (χ2v) is 6.03. The molecule has 0 bridgehead atoms. The molecule has 0 radical (unpaired) electrons. The number of hydrogen-bond acceptors (Lipinski definition) is 6. The van der Waals surface area contributed by atoms with E-state index in [2.05, 4.69) is 20.5 Å². The van der Waals surface area contributed by atoms with Crippen molar-refractivity contribution in [2.24, 2.45) is 5.73 Å². The van der Waals surface area contributed by atoms with Crippen LogP contribution in [0.25, 0.3) is 17.3 Å². The summed E-state index contributed by atoms with van der Waals surface area (Å²) in [5.74, 6) is 0.535. The Hall–Kier alpha value is -2.46. The molecule has 1 saturated carbocycles. The normalized spacial score (nSPS) is 16.0. The minimum absolute atomic E-state index is 0. The number of nitrogens with zero attached hydrogens (tertiary/aromatic N) is 5. The summed E-state index contributed by atoms with van der Waals surface area (Å²) < 4.78 is 44.8. The molecule has 0 unspecified atom stereocenters. The average Bonchev–Trinajstić information content (AvgIpc) is 3.21. The lowest BCUT2D eigenvalue weighted by atomic mass is 9.77. The molecule has 2 aromatic heterocycles. The van der Waals surface area contributed by atoms with Crippen LogP contribution in [0, 0.1) is 0 Å². The van der Waals surface area contributed by atoms with Gasteiger partial charge in [0.15, 0.2) is 11.5 Å². The molecule has 4 rings (SSSR count). The van der Waals surface area contributed by atoms with Gasteiger partial charge < -0.3 is 10.3 Å². The monoisotopic (exact) mass is 386 g/mol. The summed E-state index contributed by atoms with van der Waals surface area (Å²) in [6.07, 6.45) is -0.437. The van der Waals surface area contributed by atoms with Crippen LogP contribution in [0.2, 0.25) is 0 Å². The van der Waals surface area contributed by atoms with Gasteiger partial charge in [-0.05, 0) is 37.5 Å². The fourth-order valence-corrected chi connectivity index (χ4v) is 2.62. The number of alkyl halides is 3. The van der Waals surface area contributed by atoms with Gasteiger partial charge in [-0.3, -0.25) is 0 Å². The van der Waals surface area contributed by atoms with E-state index in [0.717, 1.165) is 31.4 Å². The largest absolute Gasteiger partial charge is 0.416 e. The molecule has 11 heteroatoms. The summed E-state index contributed by atoms with van der Waals surface area (Å²) in [4.78, 5) is 4.24. The summed E-state index contributed by atoms with van der Waals surface area (Å²) >= 11 is 0. The molecule has 138 valence electrons. The first kappa shape index (κ1) is 18.3. The smallest absolute Gasteiger partial charge is 0.332 e. The zero-order valence-corrected chi connectivity index (χ0v) is 14.1. The predicted octanol–water partition coefficient (Wildman–Crippen LogP) is 3.10. The summed E-state index contributed by atoms with van der Waals surface area (Å²) in [5.41, 5.74) is 5.29. The van der Waals surface area contributed by atoms with E-state index >= 15 is 0 Å². The van der Waals surface area contributed by atoms with Gasteiger partial charge in [-0.1, -0.05) is 16.4 Å². The molecule has 1 fully saturated rings. The van der Waals surface area contributed by atoms with Gasteiger partial charge in [0.05, 0.1) is 23.0 Å². The van der Waals surface area contributed by atoms with Crippen LogP contribution >= 0.6 is 12.4 Å². The first-order valence-corrected chi connectivity index (χ1v) is 7.59. The molecule has 1 aliphatic carbocycles. The van der Waals surface area contributed by atoms with Crippen molar-refractivity contribution >= 4 is 12.4 Å². The molecule has 0 aliphatic heterocycles. The topological polar surface area (TPSA) is 95.7 Å². The maximum Gasteiger partial charge on any atom is 0.416 e. The zero-order chi connectivity index (χ0) is 17.7. The van der Waals surface area contributed by atoms with Gasteiger partial charge in [0.2, 0.25) is 0 Å². The lowest BCUT2D eigenvalue weighted by molar-refractivity contribution is -0.137. The third-order valence-corrected chi connectivity index (χ3v) is 4.27. The van der Waals surface area contributed by atoms with Gasteiger partial charge in [0, 0.05) is 0 Å². The highest BCUT2D eigenvalue weighted by atomic mass is 35.5. The molecule has 0 atom stereocenters. The molecule has 0 saturated heterocycles. The van der Waals surface area contributed by atoms with E-state index in [4.69, 9.17) is 10.3 Å². The fraction of sp³-hybridized carbons (Fsp3) is 0.333. The van der Waals surface area contributed by atoms with Gasteiger partial charge >= 0.3 is 6.18 Å². The Morgan fingerprint density at radius 3 is 2.65 bits per heavy atom. The van der Waals surface area contributed by atoms with Crippen molar-refractivity contribution < 1.29 is 17.7 Å². The number of rotatable bonds is 3. The van der Waals surface area contributed by atoms with Crippen molar-refractivity contribution in [2.75, 3.05) is 0 Å². The third-order valence-electron chi connectivity index (χ3n) is 4.27. The molecule has 1 aromatic carbocycles. The molecule has 3 aromatic rings. The predicted molar refractivity (Wildman–Crippen MR) is 86.6 cm³/mol. The maximum absolute atomic E-state index is 12.8. The number of hydrogen-bond donors (Lipinski definition) is 1. The first-order valence-electron chi connectivity index (χ1n) is 7.59. The SMILES string of the molecule is Cl.NC1(c2noc(-c3cn(-c4cccc(C(F)(F)F)c4)nn3)n2)CCC1. The molecule has 2 N–H and O–H groups in total. The Bertz CT molecular complexity index is 918. The zero-order valence-electron chi connectivity index (χ0n) is 13.3. The Balaban J connectivity index is 0.00000196. The molecule has 26 heavy (non-hydrogen) atoms. The second kappa shape index (κ2) is 6.36. The van der Waals surface area contributed by atoms with E-state index in [1.807, 2.05) is 0 Å². The molecule has 0 amide bonds. The quantitative estimate of drug-likeness (QED) is 0.743. The fourth-order valence-electron chi connectivity index (χ4n) is 2.62. The van der Waals surface area contributed by atoms with Crippen molar-refractivity contribution in [3.05, 3.63) is 41.9 Å². The Morgan fingerprint density at radius 2 is 2.00 bits per heavy atom. The van der Waals surface area contributed by atoms with E-state index in [1.165, 1.54) is 23.0 Å². The molecule has 2 heterocycles. The van der Waals surface area contributed by atoms with Gasteiger partial charge in [-0.15, -0.1) is 17.5 Å². The minimum atomic E-state index is -4.43. The van der Waals surface area contributed by atoms with Gasteiger partial charge in [-0.25, -0.2) is 4.68 Å². The maximum atomic E-state index is 12.8. The molecule has 0 spiro atoms. The lowest BCUT2D eigenvalue weighted by Crippen LogP contribution is -2.44. The van der Waals surface area contributed by atoms with Gasteiger partial charge in [0.1, 0.15) is 0 Å². The van der Waals surface area contributed by atoms with Crippen molar-refractivity contribution in [2.45, 2.75) is 31.0 Å². The average molecular weight is 387 g/mol. The lowest BCUT2D eigenvalue weighted by Gasteiger charge is -2.34. The van der Waals surface area contributed by atoms with Crippen LogP contribution in [0.5, 0.6) is 0 Å². The van der Waals surface area contributed by atoms with Crippen LogP contribution in [-0.2, 0) is 11.7 Å². The molecule has 7 nitrogen and oxygen atoms in total. The first-order chi connectivity index (χ1) is 11.9. The van der Waals surface area contributed by atoms with Crippen molar-refractivity contribution in [1.82, 2.24) is 25.1 Å². The van der Waals surface area contributed by atoms with E-state index in [1.54, 1.807) is 0 Å². The Morgan fingerprint density at radius 1 is 1.23 bits per heavy atom. The summed E-state index contributed by atoms with van der Waals surface area (Å²) in [7, 11) is 0. The third kappa shape index (κ3) is 3.17. The van der Waals surface area contributed by atoms with Crippen molar-refractivity contribution in [1.29, 1.82) is 0 Å². The van der Waals surface area contributed by atoms with Crippen LogP contribution in [0.4, 0.5) is 13.2 Å². The van der Waals surface area contributed by atoms with Gasteiger partial charge in [-0.2, -0.15) is 18.2 Å². The van der Waals surface area contributed by atoms with Crippen molar-refractivity contribution in [3.63, 3.8) is 0 Å². The highest BCUT2D eigenvalue weighted by molar-refractivity contribution is 5.85. The van der Waals surface area contributed by atoms with E-state index in [0.29, 0.717) is 5.82 Å². The molecule has 1 aliphatic rings. The number of benzene rings is 1. The highest BCUT2D eigenvalue weighted by Gasteiger charge is 2.39. The van der Waals surface area contributed by atoms with Gasteiger partial charge in [0.25, 0.3) is 5.89 Å². The molecular formula is C15H14ClF3N6O. The van der Waals surface area contributed by atoms with Crippen LogP contribution in [0.1, 0.15) is 30.7 Å². The second-order valence-electron chi connectivity index (χ2n) is 6.03. The summed E-state index contributed by atoms with van der Waals surface area (Å²) in [5, 5.41) is 11.6. The number of nitrogens with two attached hydrogens (primary N) is 1. The van der Waals surface area contributed by atoms with Crippen LogP contribution < -0.4 is 5.73 Å². The van der Waals surface area contributed by atoms with Crippen LogP contribution in [0.15, 0.2) is 35.0 Å². The minimum Gasteiger partial charge on any atom is -0.332 e. The van der Waals surface area contributed by atoms with E-state index in [9.17, 15) is 13.2 Å². The number of aromatic nitrogens is 5. The van der Waals surface area contributed by atoms with Crippen molar-refractivity contribution in [3.8, 4) is 17.3 Å².